The Kier molecular flexibility index (Phi) is 12.2. The summed E-state index contributed by atoms with van der Waals surface area (Å²) in [6, 6.07) is 10.3. The lowest BCUT2D eigenvalue weighted by Gasteiger charge is -2.29. The number of anilines is 1. The van der Waals surface area contributed by atoms with Crippen LogP contribution in [0.5, 0.6) is 5.75 Å². The van der Waals surface area contributed by atoms with Crippen molar-refractivity contribution in [1.82, 2.24) is 5.32 Å². The summed E-state index contributed by atoms with van der Waals surface area (Å²) in [7, 11) is 1.26. The number of nitrogens with one attached hydrogen (secondary N) is 3. The highest BCUT2D eigenvalue weighted by Gasteiger charge is 2.34. The van der Waals surface area contributed by atoms with E-state index in [2.05, 4.69) is 17.6 Å². The summed E-state index contributed by atoms with van der Waals surface area (Å²) in [6.07, 6.45) is 6.94. The zero-order valence-corrected chi connectivity index (χ0v) is 23.3. The molecule has 0 fully saturated rings. The van der Waals surface area contributed by atoms with Gasteiger partial charge in [-0.15, -0.1) is 0 Å². The standard InChI is InChI=1S/C30H42FN3O4/c1-6-7-8-9-10-11-18-38-23-16-17-24(25(19-23)33-20-21-12-14-22(31)15-13-21)26(32)28(35)34-27(29(36)37-5)30(2,3)4/h12-17,19,27,32-33H,6-11,18,20H2,1-5H3,(H,34,35). The first-order valence-corrected chi connectivity index (χ1v) is 13.3. The van der Waals surface area contributed by atoms with Crippen LogP contribution in [0.2, 0.25) is 0 Å². The van der Waals surface area contributed by atoms with E-state index in [1.807, 2.05) is 20.8 Å². The van der Waals surface area contributed by atoms with E-state index in [1.165, 1.54) is 44.9 Å². The van der Waals surface area contributed by atoms with Crippen molar-refractivity contribution < 1.29 is 23.5 Å². The van der Waals surface area contributed by atoms with Crippen molar-refractivity contribution in [2.45, 2.75) is 78.8 Å². The lowest BCUT2D eigenvalue weighted by Crippen LogP contribution is -2.51. The molecule has 3 N–H and O–H groups in total. The van der Waals surface area contributed by atoms with Crippen LogP contribution < -0.4 is 15.4 Å². The highest BCUT2D eigenvalue weighted by Crippen LogP contribution is 2.26. The van der Waals surface area contributed by atoms with E-state index in [0.717, 1.165) is 18.4 Å². The molecule has 0 bridgehead atoms. The second kappa shape index (κ2) is 15.1. The number of carbonyl (C=O) groups excluding carboxylic acids is 2. The summed E-state index contributed by atoms with van der Waals surface area (Å²) >= 11 is 0. The molecule has 8 heteroatoms. The smallest absolute Gasteiger partial charge is 0.328 e. The minimum absolute atomic E-state index is 0.299. The number of halogens is 1. The maximum absolute atomic E-state index is 13.3. The first kappa shape index (κ1) is 30.8. The summed E-state index contributed by atoms with van der Waals surface area (Å²) in [5.41, 5.74) is 0.813. The summed E-state index contributed by atoms with van der Waals surface area (Å²) < 4.78 is 24.1. The molecule has 0 aliphatic carbocycles. The van der Waals surface area contributed by atoms with Crippen molar-refractivity contribution in [3.8, 4) is 5.75 Å². The van der Waals surface area contributed by atoms with Crippen molar-refractivity contribution in [3.05, 3.63) is 59.4 Å². The molecule has 0 radical (unpaired) electrons. The molecule has 0 saturated carbocycles. The third-order valence-electron chi connectivity index (χ3n) is 6.23. The Hall–Kier alpha value is -3.42. The van der Waals surface area contributed by atoms with Gasteiger partial charge in [0.1, 0.15) is 23.3 Å². The molecule has 2 aromatic rings. The summed E-state index contributed by atoms with van der Waals surface area (Å²) in [5.74, 6) is -0.969. The lowest BCUT2D eigenvalue weighted by molar-refractivity contribution is -0.147. The number of esters is 1. The van der Waals surface area contributed by atoms with E-state index in [4.69, 9.17) is 14.9 Å². The van der Waals surface area contributed by atoms with Crippen molar-refractivity contribution in [2.24, 2.45) is 5.41 Å². The number of methoxy groups -OCH3 is 1. The Balaban J connectivity index is 2.19. The van der Waals surface area contributed by atoms with Gasteiger partial charge in [-0.1, -0.05) is 71.9 Å². The molecular weight excluding hydrogens is 485 g/mol. The minimum Gasteiger partial charge on any atom is -0.494 e. The van der Waals surface area contributed by atoms with Gasteiger partial charge in [-0.05, 0) is 41.7 Å². The molecule has 2 rings (SSSR count). The average Bonchev–Trinajstić information content (AvgIpc) is 2.89. The van der Waals surface area contributed by atoms with Gasteiger partial charge in [-0.2, -0.15) is 0 Å². The monoisotopic (exact) mass is 527 g/mol. The molecule has 38 heavy (non-hydrogen) atoms. The van der Waals surface area contributed by atoms with Crippen LogP contribution in [0.25, 0.3) is 0 Å². The van der Waals surface area contributed by atoms with E-state index in [-0.39, 0.29) is 11.5 Å². The van der Waals surface area contributed by atoms with Crippen molar-refractivity contribution in [1.29, 1.82) is 5.41 Å². The quantitative estimate of drug-likeness (QED) is 0.144. The number of hydrogen-bond donors (Lipinski definition) is 3. The van der Waals surface area contributed by atoms with E-state index in [1.54, 1.807) is 30.3 Å². The zero-order valence-electron chi connectivity index (χ0n) is 23.3. The predicted octanol–water partition coefficient (Wildman–Crippen LogP) is 6.25. The highest BCUT2D eigenvalue weighted by molar-refractivity contribution is 6.45. The Morgan fingerprint density at radius 1 is 1.00 bits per heavy atom. The molecule has 7 nitrogen and oxygen atoms in total. The van der Waals surface area contributed by atoms with Crippen molar-refractivity contribution in [2.75, 3.05) is 19.0 Å². The summed E-state index contributed by atoms with van der Waals surface area (Å²) in [4.78, 5) is 25.3. The minimum atomic E-state index is -0.920. The molecule has 0 aliphatic rings. The number of rotatable bonds is 15. The van der Waals surface area contributed by atoms with Gasteiger partial charge in [0.25, 0.3) is 5.91 Å². The van der Waals surface area contributed by atoms with Crippen LogP contribution >= 0.6 is 0 Å². The van der Waals surface area contributed by atoms with E-state index in [0.29, 0.717) is 30.2 Å². The summed E-state index contributed by atoms with van der Waals surface area (Å²) in [6.45, 7) is 8.56. The second-order valence-corrected chi connectivity index (χ2v) is 10.5. The van der Waals surface area contributed by atoms with Crippen LogP contribution in [-0.2, 0) is 20.9 Å². The Morgan fingerprint density at radius 3 is 2.29 bits per heavy atom. The lowest BCUT2D eigenvalue weighted by atomic mass is 9.86. The summed E-state index contributed by atoms with van der Waals surface area (Å²) in [5, 5.41) is 14.5. The molecule has 2 aromatic carbocycles. The molecule has 0 spiro atoms. The van der Waals surface area contributed by atoms with E-state index < -0.39 is 23.3 Å². The fourth-order valence-electron chi connectivity index (χ4n) is 3.92. The van der Waals surface area contributed by atoms with Crippen LogP contribution in [0.4, 0.5) is 10.1 Å². The number of amides is 1. The van der Waals surface area contributed by atoms with Gasteiger partial charge in [0.2, 0.25) is 0 Å². The zero-order chi connectivity index (χ0) is 28.1. The fraction of sp³-hybridized carbons (Fsp3) is 0.500. The number of carbonyl (C=O) groups is 2. The van der Waals surface area contributed by atoms with Gasteiger partial charge in [-0.25, -0.2) is 9.18 Å². The molecule has 0 aromatic heterocycles. The van der Waals surface area contributed by atoms with Crippen LogP contribution in [0, 0.1) is 16.6 Å². The first-order valence-electron chi connectivity index (χ1n) is 13.3. The van der Waals surface area contributed by atoms with Crippen molar-refractivity contribution in [3.63, 3.8) is 0 Å². The Bertz CT molecular complexity index is 1060. The molecule has 208 valence electrons. The maximum atomic E-state index is 13.3. The molecule has 1 atom stereocenters. The molecule has 0 aliphatic heterocycles. The fourth-order valence-corrected chi connectivity index (χ4v) is 3.92. The largest absolute Gasteiger partial charge is 0.494 e. The third-order valence-corrected chi connectivity index (χ3v) is 6.23. The van der Waals surface area contributed by atoms with Crippen LogP contribution in [0.1, 0.15) is 77.3 Å². The number of unbranched alkanes of at least 4 members (excludes halogenated alkanes) is 5. The predicted molar refractivity (Wildman–Crippen MR) is 149 cm³/mol. The molecule has 0 saturated heterocycles. The molecule has 0 heterocycles. The van der Waals surface area contributed by atoms with Crippen LogP contribution in [-0.4, -0.2) is 37.3 Å². The van der Waals surface area contributed by atoms with Gasteiger partial charge in [0.05, 0.1) is 13.7 Å². The average molecular weight is 528 g/mol. The normalized spacial score (nSPS) is 11.9. The number of ether oxygens (including phenoxy) is 2. The molecular formula is C30H42FN3O4. The third kappa shape index (κ3) is 9.80. The second-order valence-electron chi connectivity index (χ2n) is 10.5. The van der Waals surface area contributed by atoms with Gasteiger partial charge in [0, 0.05) is 23.9 Å². The van der Waals surface area contributed by atoms with E-state index in [9.17, 15) is 14.0 Å². The molecule has 1 unspecified atom stereocenters. The van der Waals surface area contributed by atoms with Crippen LogP contribution in [0.3, 0.4) is 0 Å². The highest BCUT2D eigenvalue weighted by atomic mass is 19.1. The number of hydrogen-bond acceptors (Lipinski definition) is 6. The van der Waals surface area contributed by atoms with Gasteiger partial charge in [-0.3, -0.25) is 10.2 Å². The van der Waals surface area contributed by atoms with E-state index >= 15 is 0 Å². The SMILES string of the molecule is CCCCCCCCOc1ccc(C(=N)C(=O)NC(C(=O)OC)C(C)(C)C)c(NCc2ccc(F)cc2)c1. The van der Waals surface area contributed by atoms with Gasteiger partial charge in [0.15, 0.2) is 0 Å². The van der Waals surface area contributed by atoms with Gasteiger partial charge >= 0.3 is 5.97 Å². The first-order chi connectivity index (χ1) is 18.1. The topological polar surface area (TPSA) is 101 Å². The van der Waals surface area contributed by atoms with Crippen LogP contribution in [0.15, 0.2) is 42.5 Å². The maximum Gasteiger partial charge on any atom is 0.328 e. The number of benzene rings is 2. The molecule has 1 amide bonds. The Labute approximate surface area is 226 Å². The van der Waals surface area contributed by atoms with Crippen molar-refractivity contribution >= 4 is 23.3 Å². The van der Waals surface area contributed by atoms with Gasteiger partial charge < -0.3 is 20.1 Å². The Morgan fingerprint density at radius 2 is 1.66 bits per heavy atom.